The highest BCUT2D eigenvalue weighted by Crippen LogP contribution is 2.41. The van der Waals surface area contributed by atoms with Crippen molar-refractivity contribution in [3.05, 3.63) is 41.0 Å². The number of rotatable bonds is 7. The lowest BCUT2D eigenvalue weighted by Crippen LogP contribution is -2.16. The molecule has 150 valence electrons. The van der Waals surface area contributed by atoms with Crippen molar-refractivity contribution in [3.8, 4) is 17.1 Å². The second kappa shape index (κ2) is 8.39. The summed E-state index contributed by atoms with van der Waals surface area (Å²) < 4.78 is 5.57. The Labute approximate surface area is 167 Å². The minimum absolute atomic E-state index is 0.128. The van der Waals surface area contributed by atoms with Gasteiger partial charge in [0, 0.05) is 18.2 Å². The van der Waals surface area contributed by atoms with Crippen LogP contribution in [0.4, 0.5) is 0 Å². The van der Waals surface area contributed by atoms with E-state index < -0.39 is 0 Å². The predicted octanol–water partition coefficient (Wildman–Crippen LogP) is 4.89. The van der Waals surface area contributed by atoms with Crippen LogP contribution in [0.15, 0.2) is 18.2 Å². The van der Waals surface area contributed by atoms with E-state index in [-0.39, 0.29) is 18.4 Å². The van der Waals surface area contributed by atoms with Gasteiger partial charge in [-0.05, 0) is 49.8 Å². The van der Waals surface area contributed by atoms with E-state index in [0.29, 0.717) is 11.8 Å². The van der Waals surface area contributed by atoms with Crippen LogP contribution >= 0.6 is 0 Å². The summed E-state index contributed by atoms with van der Waals surface area (Å²) in [7, 11) is 1.64. The minimum Gasteiger partial charge on any atom is -0.480 e. The van der Waals surface area contributed by atoms with E-state index in [0.717, 1.165) is 52.4 Å². The average molecular weight is 382 g/mol. The van der Waals surface area contributed by atoms with Gasteiger partial charge in [0.15, 0.2) is 0 Å². The second-order valence-electron chi connectivity index (χ2n) is 7.95. The summed E-state index contributed by atoms with van der Waals surface area (Å²) >= 11 is 0. The van der Waals surface area contributed by atoms with Gasteiger partial charge in [-0.15, -0.1) is 0 Å². The third-order valence-electron chi connectivity index (χ3n) is 5.54. The Morgan fingerprint density at radius 1 is 1.11 bits per heavy atom. The number of aliphatic hydroxyl groups is 1. The summed E-state index contributed by atoms with van der Waals surface area (Å²) in [6, 6.07) is 4.06. The van der Waals surface area contributed by atoms with Gasteiger partial charge in [0.1, 0.15) is 0 Å². The lowest BCUT2D eigenvalue weighted by molar-refractivity contribution is 0.205. The molecule has 0 radical (unpaired) electrons. The molecule has 0 aliphatic heterocycles. The fourth-order valence-corrected chi connectivity index (χ4v) is 3.97. The Hall–Kier alpha value is -2.27. The number of aryl methyl sites for hydroxylation is 1. The number of pyridine rings is 1. The van der Waals surface area contributed by atoms with Crippen LogP contribution in [-0.2, 0) is 0 Å². The molecule has 0 bridgehead atoms. The second-order valence-corrected chi connectivity index (χ2v) is 7.95. The van der Waals surface area contributed by atoms with Gasteiger partial charge < -0.3 is 9.84 Å². The minimum atomic E-state index is 0.128. The van der Waals surface area contributed by atoms with Gasteiger partial charge in [-0.1, -0.05) is 33.3 Å². The molecule has 5 heteroatoms. The van der Waals surface area contributed by atoms with E-state index in [1.54, 1.807) is 7.11 Å². The molecule has 5 nitrogen and oxygen atoms in total. The van der Waals surface area contributed by atoms with Crippen molar-refractivity contribution in [2.24, 2.45) is 5.92 Å². The number of aliphatic hydroxyl groups excluding tert-OH is 1. The molecule has 0 saturated heterocycles. The van der Waals surface area contributed by atoms with Gasteiger partial charge in [-0.2, -0.15) is 0 Å². The zero-order chi connectivity index (χ0) is 20.4. The van der Waals surface area contributed by atoms with E-state index in [2.05, 4.69) is 38.8 Å². The van der Waals surface area contributed by atoms with Crippen LogP contribution < -0.4 is 4.74 Å². The van der Waals surface area contributed by atoms with Crippen LogP contribution in [-0.4, -0.2) is 33.8 Å². The highest BCUT2D eigenvalue weighted by atomic mass is 16.5. The molecule has 1 N–H and O–H groups in total. The number of hydrogen-bond acceptors (Lipinski definition) is 5. The maximum absolute atomic E-state index is 9.87. The monoisotopic (exact) mass is 381 g/mol. The maximum Gasteiger partial charge on any atom is 0.222 e. The topological polar surface area (TPSA) is 68.1 Å². The number of methoxy groups -OCH3 is 1. The largest absolute Gasteiger partial charge is 0.480 e. The molecule has 0 fully saturated rings. The highest BCUT2D eigenvalue weighted by Gasteiger charge is 2.31. The molecule has 28 heavy (non-hydrogen) atoms. The molecule has 0 saturated carbocycles. The molecule has 1 aliphatic rings. The zero-order valence-corrected chi connectivity index (χ0v) is 17.8. The molecular weight excluding hydrogens is 350 g/mol. The van der Waals surface area contributed by atoms with Gasteiger partial charge in [0.25, 0.3) is 0 Å². The fraction of sp³-hybridized carbons (Fsp3) is 0.522. The SMILES string of the molecule is CCC[C@H](CO)C1C=C(C)c2nc(-c3ccc(C(C)C)nc3OC)c(C)nc21. The molecule has 0 spiro atoms. The first kappa shape index (κ1) is 20.5. The number of aromatic nitrogens is 3. The maximum atomic E-state index is 9.87. The molecule has 0 aromatic carbocycles. The first-order valence-electron chi connectivity index (χ1n) is 10.1. The molecule has 2 aromatic rings. The highest BCUT2D eigenvalue weighted by molar-refractivity contribution is 5.74. The zero-order valence-electron chi connectivity index (χ0n) is 17.8. The van der Waals surface area contributed by atoms with Gasteiger partial charge in [0.05, 0.1) is 35.4 Å². The molecule has 2 heterocycles. The summed E-state index contributed by atoms with van der Waals surface area (Å²) in [5, 5.41) is 9.87. The average Bonchev–Trinajstić information content (AvgIpc) is 3.00. The van der Waals surface area contributed by atoms with Crippen molar-refractivity contribution in [2.75, 3.05) is 13.7 Å². The summed E-state index contributed by atoms with van der Waals surface area (Å²) in [5.74, 6) is 1.22. The van der Waals surface area contributed by atoms with Crippen LogP contribution in [0.2, 0.25) is 0 Å². The molecule has 2 aromatic heterocycles. The molecule has 1 aliphatic carbocycles. The first-order valence-corrected chi connectivity index (χ1v) is 10.1. The third-order valence-corrected chi connectivity index (χ3v) is 5.54. The standard InChI is InChI=1S/C23H31N3O2/c1-7-8-16(12-27)18-11-14(4)20-22(18)24-15(5)21(26-20)17-9-10-19(13(2)3)25-23(17)28-6/h9-11,13,16,18,27H,7-8,12H2,1-6H3/t16-,18?/m1/s1. The third kappa shape index (κ3) is 3.68. The van der Waals surface area contributed by atoms with Crippen LogP contribution in [0.3, 0.4) is 0 Å². The van der Waals surface area contributed by atoms with E-state index in [4.69, 9.17) is 14.7 Å². The van der Waals surface area contributed by atoms with E-state index in [1.807, 2.05) is 19.1 Å². The van der Waals surface area contributed by atoms with E-state index in [9.17, 15) is 5.11 Å². The molecule has 2 atom stereocenters. The lowest BCUT2D eigenvalue weighted by Gasteiger charge is -2.21. The Morgan fingerprint density at radius 3 is 2.46 bits per heavy atom. The summed E-state index contributed by atoms with van der Waals surface area (Å²) in [6.07, 6.45) is 4.22. The Balaban J connectivity index is 2.08. The van der Waals surface area contributed by atoms with Crippen LogP contribution in [0.1, 0.15) is 75.1 Å². The molecule has 1 unspecified atom stereocenters. The van der Waals surface area contributed by atoms with Crippen molar-refractivity contribution in [1.82, 2.24) is 15.0 Å². The normalized spacial score (nSPS) is 16.9. The van der Waals surface area contributed by atoms with Crippen LogP contribution in [0, 0.1) is 12.8 Å². The lowest BCUT2D eigenvalue weighted by atomic mass is 9.88. The summed E-state index contributed by atoms with van der Waals surface area (Å²) in [5.41, 5.74) is 6.55. The summed E-state index contributed by atoms with van der Waals surface area (Å²) in [6.45, 7) is 10.6. The number of allylic oxidation sites excluding steroid dienone is 2. The van der Waals surface area contributed by atoms with Gasteiger partial charge in [0.2, 0.25) is 5.88 Å². The van der Waals surface area contributed by atoms with Crippen molar-refractivity contribution < 1.29 is 9.84 Å². The fourth-order valence-electron chi connectivity index (χ4n) is 3.97. The summed E-state index contributed by atoms with van der Waals surface area (Å²) in [4.78, 5) is 14.6. The van der Waals surface area contributed by atoms with Crippen LogP contribution in [0.5, 0.6) is 5.88 Å². The molecular formula is C23H31N3O2. The Kier molecular flexibility index (Phi) is 6.14. The number of fused-ring (bicyclic) bond motifs is 1. The predicted molar refractivity (Wildman–Crippen MR) is 113 cm³/mol. The molecule has 0 amide bonds. The van der Waals surface area contributed by atoms with Gasteiger partial charge in [-0.25, -0.2) is 9.97 Å². The van der Waals surface area contributed by atoms with E-state index >= 15 is 0 Å². The number of nitrogens with zero attached hydrogens (tertiary/aromatic N) is 3. The first-order chi connectivity index (χ1) is 13.4. The van der Waals surface area contributed by atoms with Crippen LogP contribution in [0.25, 0.3) is 16.8 Å². The van der Waals surface area contributed by atoms with Crippen molar-refractivity contribution in [2.45, 2.75) is 59.3 Å². The van der Waals surface area contributed by atoms with Crippen molar-refractivity contribution in [1.29, 1.82) is 0 Å². The van der Waals surface area contributed by atoms with Crippen molar-refractivity contribution in [3.63, 3.8) is 0 Å². The Bertz CT molecular complexity index is 890. The molecule has 3 rings (SSSR count). The van der Waals surface area contributed by atoms with E-state index in [1.165, 1.54) is 0 Å². The number of ether oxygens (including phenoxy) is 1. The Morgan fingerprint density at radius 2 is 1.86 bits per heavy atom. The quantitative estimate of drug-likeness (QED) is 0.740. The number of hydrogen-bond donors (Lipinski definition) is 1. The smallest absolute Gasteiger partial charge is 0.222 e. The van der Waals surface area contributed by atoms with Gasteiger partial charge in [-0.3, -0.25) is 4.98 Å². The van der Waals surface area contributed by atoms with Crippen molar-refractivity contribution >= 4 is 5.57 Å². The van der Waals surface area contributed by atoms with Gasteiger partial charge >= 0.3 is 0 Å².